The normalized spacial score (nSPS) is 14.2. The molecule has 0 saturated carbocycles. The first kappa shape index (κ1) is 13.5. The number of carboxylic acids is 1. The number of carboxylic acid groups (broad SMARTS) is 1. The molecule has 0 aliphatic heterocycles. The first-order chi connectivity index (χ1) is 9.13. The molecule has 3 N–H and O–H groups in total. The van der Waals surface area contributed by atoms with Crippen molar-refractivity contribution in [2.24, 2.45) is 5.73 Å². The molecule has 0 radical (unpaired) electrons. The minimum absolute atomic E-state index is 0.461. The molecule has 1 unspecified atom stereocenters. The molecule has 0 aromatic heterocycles. The van der Waals surface area contributed by atoms with Gasteiger partial charge in [0.2, 0.25) is 14.3 Å². The Kier molecular flexibility index (Phi) is 4.10. The third kappa shape index (κ3) is 2.89. The van der Waals surface area contributed by atoms with Crippen LogP contribution in [0.4, 0.5) is 0 Å². The summed E-state index contributed by atoms with van der Waals surface area (Å²) in [5.41, 5.74) is 5.43. The van der Waals surface area contributed by atoms with E-state index in [0.29, 0.717) is 5.75 Å². The highest BCUT2D eigenvalue weighted by Gasteiger charge is 2.27. The smallest absolute Gasteiger partial charge is 0.325 e. The van der Waals surface area contributed by atoms with Gasteiger partial charge in [0.15, 0.2) is 6.04 Å². The van der Waals surface area contributed by atoms with Gasteiger partial charge in [-0.3, -0.25) is 9.36 Å². The fourth-order valence-corrected chi connectivity index (χ4v) is 2.13. The van der Waals surface area contributed by atoms with Crippen LogP contribution in [0.1, 0.15) is 0 Å². The number of rotatable bonds is 5. The van der Waals surface area contributed by atoms with E-state index in [-0.39, 0.29) is 0 Å². The van der Waals surface area contributed by atoms with Gasteiger partial charge in [-0.05, 0) is 11.5 Å². The van der Waals surface area contributed by atoms with Gasteiger partial charge in [-0.15, -0.1) is 0 Å². The van der Waals surface area contributed by atoms with Gasteiger partial charge >= 0.3 is 5.97 Å². The van der Waals surface area contributed by atoms with E-state index in [0.717, 1.165) is 10.8 Å². The third-order valence-electron chi connectivity index (χ3n) is 2.69. The summed E-state index contributed by atoms with van der Waals surface area (Å²) < 4.78 is 16.5. The number of hydrogen-bond donors (Lipinski definition) is 2. The second kappa shape index (κ2) is 5.78. The van der Waals surface area contributed by atoms with E-state index < -0.39 is 26.3 Å². The topological polar surface area (TPSA) is 89.6 Å². The van der Waals surface area contributed by atoms with Crippen molar-refractivity contribution in [3.63, 3.8) is 0 Å². The van der Waals surface area contributed by atoms with Gasteiger partial charge in [0.25, 0.3) is 0 Å². The average Bonchev–Trinajstić information content (AvgIpc) is 2.44. The fraction of sp³-hybridized carbons (Fsp3) is 0.154. The first-order valence-corrected chi connectivity index (χ1v) is 6.47. The van der Waals surface area contributed by atoms with Crippen molar-refractivity contribution in [3.05, 3.63) is 42.5 Å². The van der Waals surface area contributed by atoms with Crippen molar-refractivity contribution in [2.45, 2.75) is 11.9 Å². The zero-order valence-corrected chi connectivity index (χ0v) is 10.8. The number of ether oxygens (including phenoxy) is 1. The van der Waals surface area contributed by atoms with E-state index in [1.807, 2.05) is 30.3 Å². The van der Waals surface area contributed by atoms with Gasteiger partial charge < -0.3 is 15.6 Å². The summed E-state index contributed by atoms with van der Waals surface area (Å²) in [4.78, 5) is 10.8. The van der Waals surface area contributed by atoms with Crippen LogP contribution in [0.2, 0.25) is 0 Å². The fourth-order valence-electron chi connectivity index (χ4n) is 1.71. The highest BCUT2D eigenvalue weighted by molar-refractivity contribution is 7.24. The molecule has 0 bridgehead atoms. The second-order valence-electron chi connectivity index (χ2n) is 3.96. The highest BCUT2D eigenvalue weighted by atomic mass is 31.1. The molecule has 5 nitrogen and oxygen atoms in total. The Morgan fingerprint density at radius 1 is 1.21 bits per heavy atom. The Hall–Kier alpha value is -1.97. The Morgan fingerprint density at radius 3 is 2.58 bits per heavy atom. The molecule has 0 spiro atoms. The first-order valence-electron chi connectivity index (χ1n) is 5.59. The van der Waals surface area contributed by atoms with Crippen molar-refractivity contribution in [1.29, 1.82) is 0 Å². The van der Waals surface area contributed by atoms with Crippen LogP contribution in [0.5, 0.6) is 5.75 Å². The van der Waals surface area contributed by atoms with Crippen molar-refractivity contribution >= 4 is 25.2 Å². The lowest BCUT2D eigenvalue weighted by Gasteiger charge is -2.17. The van der Waals surface area contributed by atoms with Crippen LogP contribution in [0.3, 0.4) is 0 Å². The van der Waals surface area contributed by atoms with Crippen molar-refractivity contribution in [3.8, 4) is 5.75 Å². The molecular formula is C13H12NO4P. The zero-order valence-electron chi connectivity index (χ0n) is 9.89. The third-order valence-corrected chi connectivity index (χ3v) is 3.33. The summed E-state index contributed by atoms with van der Waals surface area (Å²) in [6.07, 6.45) is 0. The zero-order chi connectivity index (χ0) is 13.8. The minimum Gasteiger partial charge on any atom is -0.480 e. The Bertz CT molecular complexity index is 611. The summed E-state index contributed by atoms with van der Waals surface area (Å²) in [5, 5.41) is 10.6. The molecule has 0 saturated heterocycles. The van der Waals surface area contributed by atoms with E-state index in [4.69, 9.17) is 15.6 Å². The Labute approximate surface area is 111 Å². The van der Waals surface area contributed by atoms with Gasteiger partial charge in [0.1, 0.15) is 5.75 Å². The van der Waals surface area contributed by atoms with Crippen LogP contribution in [0.25, 0.3) is 10.8 Å². The van der Waals surface area contributed by atoms with E-state index in [2.05, 4.69) is 0 Å². The van der Waals surface area contributed by atoms with Crippen LogP contribution in [0.15, 0.2) is 42.5 Å². The highest BCUT2D eigenvalue weighted by Crippen LogP contribution is 2.28. The lowest BCUT2D eigenvalue weighted by molar-refractivity contribution is -0.139. The molecule has 0 aliphatic rings. The van der Waals surface area contributed by atoms with Crippen LogP contribution < -0.4 is 10.5 Å². The number of carbonyl (C=O) groups is 1. The van der Waals surface area contributed by atoms with Gasteiger partial charge in [0.05, 0.1) is 0 Å². The molecule has 2 aromatic rings. The van der Waals surface area contributed by atoms with Crippen LogP contribution in [-0.4, -0.2) is 23.0 Å². The summed E-state index contributed by atoms with van der Waals surface area (Å²) in [7, 11) is -0.464. The molecule has 98 valence electrons. The predicted molar refractivity (Wildman–Crippen MR) is 71.6 cm³/mol. The summed E-state index contributed by atoms with van der Waals surface area (Å²) >= 11 is 0. The minimum atomic E-state index is -1.35. The standard InChI is InChI=1S/C13H12NO4P/c14-11(12(15)16)13(19-17)18-10-7-3-5-8-4-1-2-6-9(8)10/h1-7,11,13H,14H2,(H,15,16)/t11-,13?/m1/s1. The number of benzene rings is 2. The Balaban J connectivity index is 2.34. The maximum Gasteiger partial charge on any atom is 0.325 e. The molecule has 2 aromatic carbocycles. The van der Waals surface area contributed by atoms with Gasteiger partial charge in [-0.25, -0.2) is 0 Å². The molecule has 0 heterocycles. The summed E-state index contributed by atoms with van der Waals surface area (Å²) in [5.74, 6) is -1.92. The van der Waals surface area contributed by atoms with E-state index >= 15 is 0 Å². The molecule has 6 heteroatoms. The molecule has 0 amide bonds. The number of hydrogen-bond acceptors (Lipinski definition) is 4. The van der Waals surface area contributed by atoms with Gasteiger partial charge in [0, 0.05) is 5.39 Å². The van der Waals surface area contributed by atoms with Gasteiger partial charge in [-0.2, -0.15) is 0 Å². The predicted octanol–water partition coefficient (Wildman–Crippen LogP) is 2.25. The van der Waals surface area contributed by atoms with Crippen molar-refractivity contribution in [1.82, 2.24) is 0 Å². The van der Waals surface area contributed by atoms with E-state index in [1.165, 1.54) is 0 Å². The second-order valence-corrected chi connectivity index (χ2v) is 4.67. The lowest BCUT2D eigenvalue weighted by Crippen LogP contribution is -2.41. The SMILES string of the molecule is N[C@H](C(=O)O)C(Oc1cccc2ccccc12)P=O. The van der Waals surface area contributed by atoms with Gasteiger partial charge in [-0.1, -0.05) is 36.4 Å². The molecule has 0 fully saturated rings. The monoisotopic (exact) mass is 277 g/mol. The molecular weight excluding hydrogens is 265 g/mol. The van der Waals surface area contributed by atoms with Crippen LogP contribution in [-0.2, 0) is 9.36 Å². The number of fused-ring (bicyclic) bond motifs is 1. The quantitative estimate of drug-likeness (QED) is 0.818. The van der Waals surface area contributed by atoms with E-state index in [1.54, 1.807) is 12.1 Å². The number of nitrogens with two attached hydrogens (primary N) is 1. The summed E-state index contributed by atoms with van der Waals surface area (Å²) in [6.45, 7) is 0. The average molecular weight is 277 g/mol. The summed E-state index contributed by atoms with van der Waals surface area (Å²) in [6, 6.07) is 11.5. The van der Waals surface area contributed by atoms with Crippen molar-refractivity contribution < 1.29 is 19.2 Å². The maximum atomic E-state index is 11.0. The molecule has 0 aliphatic carbocycles. The number of aliphatic carboxylic acids is 1. The van der Waals surface area contributed by atoms with Crippen molar-refractivity contribution in [2.75, 3.05) is 0 Å². The molecule has 19 heavy (non-hydrogen) atoms. The lowest BCUT2D eigenvalue weighted by atomic mass is 10.1. The molecule has 2 atom stereocenters. The van der Waals surface area contributed by atoms with Crippen LogP contribution in [0, 0.1) is 0 Å². The largest absolute Gasteiger partial charge is 0.480 e. The van der Waals surface area contributed by atoms with Crippen LogP contribution >= 0.6 is 8.46 Å². The van der Waals surface area contributed by atoms with E-state index in [9.17, 15) is 9.36 Å². The maximum absolute atomic E-state index is 11.0. The molecule has 2 rings (SSSR count). The Morgan fingerprint density at radius 2 is 1.89 bits per heavy atom.